The third kappa shape index (κ3) is 4.01. The van der Waals surface area contributed by atoms with Crippen LogP contribution in [-0.4, -0.2) is 25.0 Å². The Bertz CT molecular complexity index is 1270. The predicted octanol–water partition coefficient (Wildman–Crippen LogP) is 6.25. The molecule has 9 heteroatoms. The van der Waals surface area contributed by atoms with Gasteiger partial charge in [-0.3, -0.25) is 0 Å². The van der Waals surface area contributed by atoms with Crippen LogP contribution in [0.5, 0.6) is 11.5 Å². The van der Waals surface area contributed by atoms with Gasteiger partial charge in [-0.05, 0) is 61.0 Å². The van der Waals surface area contributed by atoms with Gasteiger partial charge in [0.25, 0.3) is 0 Å². The van der Waals surface area contributed by atoms with Gasteiger partial charge in [-0.15, -0.1) is 0 Å². The maximum atomic E-state index is 13.1. The van der Waals surface area contributed by atoms with E-state index in [-0.39, 0.29) is 22.3 Å². The van der Waals surface area contributed by atoms with Gasteiger partial charge in [-0.1, -0.05) is 18.5 Å². The molecule has 0 atom stereocenters. The second-order valence-electron chi connectivity index (χ2n) is 7.06. The quantitative estimate of drug-likeness (QED) is 0.378. The van der Waals surface area contributed by atoms with Crippen LogP contribution in [0.15, 0.2) is 60.8 Å². The number of benzene rings is 2. The van der Waals surface area contributed by atoms with E-state index < -0.39 is 11.7 Å². The fourth-order valence-electron chi connectivity index (χ4n) is 3.45. The van der Waals surface area contributed by atoms with Crippen molar-refractivity contribution in [1.29, 1.82) is 0 Å². The molecule has 2 heterocycles. The Balaban J connectivity index is 1.99. The number of aromatic hydroxyl groups is 2. The number of alkyl halides is 3. The summed E-state index contributed by atoms with van der Waals surface area (Å²) in [5, 5.41) is 23.8. The molecule has 0 radical (unpaired) electrons. The minimum Gasteiger partial charge on any atom is -0.508 e. The molecule has 2 N–H and O–H groups in total. The standard InChI is InChI=1S/C23H17ClF3N3O2/c1-2-18-20(13-3-7-16(31)8-4-13)29-30(21(18)14-5-9-17(32)10-6-14)22-19(24)11-15(12-28-22)23(25,26)27/h3-12,31-32H,2H2,1H3. The number of halogens is 4. The second-order valence-corrected chi connectivity index (χ2v) is 7.47. The zero-order chi connectivity index (χ0) is 23.0. The minimum absolute atomic E-state index is 0.0440. The average Bonchev–Trinajstić information content (AvgIpc) is 3.13. The minimum atomic E-state index is -4.58. The zero-order valence-electron chi connectivity index (χ0n) is 16.7. The lowest BCUT2D eigenvalue weighted by atomic mass is 10.00. The summed E-state index contributed by atoms with van der Waals surface area (Å²) < 4.78 is 40.7. The normalized spacial score (nSPS) is 11.7. The van der Waals surface area contributed by atoms with Crippen LogP contribution in [0.3, 0.4) is 0 Å². The van der Waals surface area contributed by atoms with Crippen molar-refractivity contribution in [2.24, 2.45) is 0 Å². The molecule has 0 saturated carbocycles. The summed E-state index contributed by atoms with van der Waals surface area (Å²) in [6.07, 6.45) is -3.31. The first-order valence-corrected chi connectivity index (χ1v) is 10.0. The molecule has 0 saturated heterocycles. The van der Waals surface area contributed by atoms with Crippen LogP contribution >= 0.6 is 11.6 Å². The van der Waals surface area contributed by atoms with E-state index in [4.69, 9.17) is 11.6 Å². The first-order valence-electron chi connectivity index (χ1n) is 9.63. The van der Waals surface area contributed by atoms with Crippen molar-refractivity contribution < 1.29 is 23.4 Å². The predicted molar refractivity (Wildman–Crippen MR) is 115 cm³/mol. The molecule has 2 aromatic heterocycles. The van der Waals surface area contributed by atoms with Gasteiger partial charge in [0.05, 0.1) is 22.0 Å². The van der Waals surface area contributed by atoms with Gasteiger partial charge in [-0.2, -0.15) is 18.3 Å². The Kier molecular flexibility index (Phi) is 5.56. The van der Waals surface area contributed by atoms with E-state index in [9.17, 15) is 23.4 Å². The number of pyridine rings is 1. The number of hydrogen-bond acceptors (Lipinski definition) is 4. The molecule has 0 unspecified atom stereocenters. The molecule has 0 aliphatic rings. The largest absolute Gasteiger partial charge is 0.508 e. The molecule has 0 spiro atoms. The Morgan fingerprint density at radius 1 is 0.938 bits per heavy atom. The summed E-state index contributed by atoms with van der Waals surface area (Å²) >= 11 is 6.23. The zero-order valence-corrected chi connectivity index (χ0v) is 17.5. The van der Waals surface area contributed by atoms with E-state index in [1.54, 1.807) is 24.3 Å². The van der Waals surface area contributed by atoms with Crippen molar-refractivity contribution in [2.75, 3.05) is 0 Å². The fraction of sp³-hybridized carbons (Fsp3) is 0.130. The van der Waals surface area contributed by atoms with Gasteiger partial charge in [0.15, 0.2) is 5.82 Å². The Labute approximate surface area is 186 Å². The maximum Gasteiger partial charge on any atom is 0.417 e. The highest BCUT2D eigenvalue weighted by Crippen LogP contribution is 2.38. The van der Waals surface area contributed by atoms with Crippen LogP contribution < -0.4 is 0 Å². The van der Waals surface area contributed by atoms with Gasteiger partial charge < -0.3 is 10.2 Å². The van der Waals surface area contributed by atoms with Crippen molar-refractivity contribution in [3.63, 3.8) is 0 Å². The third-order valence-corrected chi connectivity index (χ3v) is 5.25. The number of aromatic nitrogens is 3. The van der Waals surface area contributed by atoms with Crippen LogP contribution in [0.4, 0.5) is 13.2 Å². The smallest absolute Gasteiger partial charge is 0.417 e. The van der Waals surface area contributed by atoms with Crippen LogP contribution in [0.1, 0.15) is 18.1 Å². The van der Waals surface area contributed by atoms with E-state index in [0.29, 0.717) is 28.9 Å². The second kappa shape index (κ2) is 8.20. The third-order valence-electron chi connectivity index (χ3n) is 4.97. The summed E-state index contributed by atoms with van der Waals surface area (Å²) in [6, 6.07) is 13.6. The van der Waals surface area contributed by atoms with Gasteiger partial charge in [0, 0.05) is 22.9 Å². The van der Waals surface area contributed by atoms with Crippen LogP contribution in [-0.2, 0) is 12.6 Å². The number of hydrogen-bond donors (Lipinski definition) is 2. The Morgan fingerprint density at radius 3 is 2.00 bits per heavy atom. The fourth-order valence-corrected chi connectivity index (χ4v) is 3.69. The van der Waals surface area contributed by atoms with Crippen molar-refractivity contribution in [1.82, 2.24) is 14.8 Å². The van der Waals surface area contributed by atoms with Crippen molar-refractivity contribution in [3.05, 3.63) is 76.9 Å². The molecule has 0 aliphatic carbocycles. The highest BCUT2D eigenvalue weighted by Gasteiger charge is 2.32. The first kappa shape index (κ1) is 21.7. The van der Waals surface area contributed by atoms with Gasteiger partial charge in [0.2, 0.25) is 0 Å². The number of phenols is 2. The molecule has 0 fully saturated rings. The molecule has 4 rings (SSSR count). The Morgan fingerprint density at radius 2 is 1.50 bits per heavy atom. The molecule has 0 aliphatic heterocycles. The molecule has 0 bridgehead atoms. The summed E-state index contributed by atoms with van der Waals surface area (Å²) in [5.41, 5.74) is 2.40. The maximum absolute atomic E-state index is 13.1. The van der Waals surface area contributed by atoms with Crippen LogP contribution in [0, 0.1) is 0 Å². The molecule has 0 amide bonds. The van der Waals surface area contributed by atoms with Crippen molar-refractivity contribution in [3.8, 4) is 39.8 Å². The SMILES string of the molecule is CCc1c(-c2ccc(O)cc2)nn(-c2ncc(C(F)(F)F)cc2Cl)c1-c1ccc(O)cc1. The van der Waals surface area contributed by atoms with Gasteiger partial charge >= 0.3 is 6.18 Å². The topological polar surface area (TPSA) is 71.2 Å². The van der Waals surface area contributed by atoms with Crippen LogP contribution in [0.25, 0.3) is 28.3 Å². The highest BCUT2D eigenvalue weighted by molar-refractivity contribution is 6.32. The van der Waals surface area contributed by atoms with Gasteiger partial charge in [0.1, 0.15) is 11.5 Å². The summed E-state index contributed by atoms with van der Waals surface area (Å²) in [4.78, 5) is 3.97. The van der Waals surface area contributed by atoms with E-state index in [2.05, 4.69) is 10.1 Å². The number of nitrogens with zero attached hydrogens (tertiary/aromatic N) is 3. The summed E-state index contributed by atoms with van der Waals surface area (Å²) in [6.45, 7) is 1.93. The lowest BCUT2D eigenvalue weighted by molar-refractivity contribution is -0.137. The monoisotopic (exact) mass is 459 g/mol. The first-order chi connectivity index (χ1) is 15.2. The highest BCUT2D eigenvalue weighted by atomic mass is 35.5. The van der Waals surface area contributed by atoms with Crippen LogP contribution in [0.2, 0.25) is 5.02 Å². The lowest BCUT2D eigenvalue weighted by Gasteiger charge is -2.12. The van der Waals surface area contributed by atoms with E-state index in [1.165, 1.54) is 28.9 Å². The van der Waals surface area contributed by atoms with E-state index in [1.807, 2.05) is 6.92 Å². The number of phenolic OH excluding ortho intramolecular Hbond substituents is 2. The van der Waals surface area contributed by atoms with Crippen molar-refractivity contribution >= 4 is 11.6 Å². The van der Waals surface area contributed by atoms with Gasteiger partial charge in [-0.25, -0.2) is 9.67 Å². The Hall–Kier alpha value is -3.52. The average molecular weight is 460 g/mol. The molecular formula is C23H17ClF3N3O2. The van der Waals surface area contributed by atoms with E-state index >= 15 is 0 Å². The molecule has 4 aromatic rings. The van der Waals surface area contributed by atoms with Crippen molar-refractivity contribution in [2.45, 2.75) is 19.5 Å². The lowest BCUT2D eigenvalue weighted by Crippen LogP contribution is -2.09. The molecule has 2 aromatic carbocycles. The van der Waals surface area contributed by atoms with E-state index in [0.717, 1.165) is 17.8 Å². The molecular weight excluding hydrogens is 443 g/mol. The molecule has 5 nitrogen and oxygen atoms in total. The molecule has 164 valence electrons. The summed E-state index contributed by atoms with van der Waals surface area (Å²) in [5.74, 6) is 0.210. The molecule has 32 heavy (non-hydrogen) atoms. The summed E-state index contributed by atoms with van der Waals surface area (Å²) in [7, 11) is 0. The number of rotatable bonds is 4.